The van der Waals surface area contributed by atoms with E-state index >= 15 is 0 Å². The Morgan fingerprint density at radius 2 is 1.73 bits per heavy atom. The number of benzene rings is 1. The maximum atomic E-state index is 13.4. The number of carboxylic acid groups (broad SMARTS) is 1. The van der Waals surface area contributed by atoms with Crippen LogP contribution in [0.3, 0.4) is 0 Å². The number of carbonyl (C=O) groups is 2. The highest BCUT2D eigenvalue weighted by Gasteiger charge is 2.42. The third kappa shape index (κ3) is 6.51. The fourth-order valence-electron chi connectivity index (χ4n) is 4.24. The van der Waals surface area contributed by atoms with Gasteiger partial charge in [0, 0.05) is 13.1 Å². The predicted octanol–water partition coefficient (Wildman–Crippen LogP) is 4.53. The molecule has 0 aliphatic carbocycles. The van der Waals surface area contributed by atoms with Crippen LogP contribution in [0.25, 0.3) is 0 Å². The Morgan fingerprint density at radius 3 is 2.24 bits per heavy atom. The fraction of sp³-hybridized carbons (Fsp3) is 0.455. The zero-order chi connectivity index (χ0) is 27.7. The van der Waals surface area contributed by atoms with E-state index in [2.05, 4.69) is 11.9 Å². The number of halogens is 5. The lowest BCUT2D eigenvalue weighted by Gasteiger charge is -2.36. The molecule has 1 aromatic carbocycles. The van der Waals surface area contributed by atoms with E-state index in [0.717, 1.165) is 42.8 Å². The average molecular weight is 602 g/mol. The first-order chi connectivity index (χ1) is 17.1. The molecule has 3 heterocycles. The van der Waals surface area contributed by atoms with Gasteiger partial charge in [-0.15, -0.1) is 11.3 Å². The van der Waals surface area contributed by atoms with Crippen molar-refractivity contribution in [1.82, 2.24) is 9.80 Å². The second-order valence-electron chi connectivity index (χ2n) is 8.62. The van der Waals surface area contributed by atoms with Gasteiger partial charge in [0.1, 0.15) is 9.23 Å². The maximum absolute atomic E-state index is 13.4. The van der Waals surface area contributed by atoms with Crippen molar-refractivity contribution in [3.8, 4) is 0 Å². The van der Waals surface area contributed by atoms with Gasteiger partial charge in [-0.3, -0.25) is 9.10 Å². The summed E-state index contributed by atoms with van der Waals surface area (Å²) in [4.78, 5) is 26.3. The molecule has 8 nitrogen and oxygen atoms in total. The molecular formula is C22H24Cl2F3N3O5S2. The summed E-state index contributed by atoms with van der Waals surface area (Å²) in [6, 6.07) is 8.70. The van der Waals surface area contributed by atoms with Crippen LogP contribution in [0.4, 0.5) is 18.9 Å². The lowest BCUT2D eigenvalue weighted by molar-refractivity contribution is -0.192. The molecule has 1 saturated heterocycles. The molecule has 0 saturated carbocycles. The summed E-state index contributed by atoms with van der Waals surface area (Å²) in [5, 5.41) is 7.12. The number of rotatable bonds is 4. The van der Waals surface area contributed by atoms with Crippen molar-refractivity contribution in [2.75, 3.05) is 38.0 Å². The van der Waals surface area contributed by atoms with Crippen LogP contribution in [0.1, 0.15) is 24.3 Å². The minimum absolute atomic E-state index is 0.0225. The van der Waals surface area contributed by atoms with Crippen molar-refractivity contribution in [1.29, 1.82) is 0 Å². The van der Waals surface area contributed by atoms with Crippen LogP contribution in [0.2, 0.25) is 8.67 Å². The number of likely N-dealkylation sites (tertiary alicyclic amines) is 1. The molecule has 1 atom stereocenters. The maximum Gasteiger partial charge on any atom is 0.490 e. The minimum atomic E-state index is -5.08. The fourth-order valence-corrected chi connectivity index (χ4v) is 7.86. The summed E-state index contributed by atoms with van der Waals surface area (Å²) < 4.78 is 60.2. The van der Waals surface area contributed by atoms with Crippen LogP contribution in [0.5, 0.6) is 0 Å². The normalized spacial score (nSPS) is 18.7. The number of nitrogens with zero attached hydrogens (tertiary/aromatic N) is 3. The summed E-state index contributed by atoms with van der Waals surface area (Å²) in [7, 11) is -0.0301. The number of hydrogen-bond donors (Lipinski definition) is 1. The van der Waals surface area contributed by atoms with Gasteiger partial charge in [-0.05, 0) is 50.7 Å². The van der Waals surface area contributed by atoms with Crippen molar-refractivity contribution in [2.45, 2.75) is 35.9 Å². The van der Waals surface area contributed by atoms with Crippen molar-refractivity contribution >= 4 is 62.1 Å². The lowest BCUT2D eigenvalue weighted by Crippen LogP contribution is -2.46. The number of carbonyl (C=O) groups excluding carboxylic acids is 1. The van der Waals surface area contributed by atoms with Crippen LogP contribution >= 0.6 is 34.5 Å². The van der Waals surface area contributed by atoms with E-state index in [1.165, 1.54) is 10.4 Å². The van der Waals surface area contributed by atoms with E-state index in [9.17, 15) is 26.4 Å². The number of hydrogen-bond acceptors (Lipinski definition) is 6. The van der Waals surface area contributed by atoms with Gasteiger partial charge in [0.05, 0.1) is 22.5 Å². The van der Waals surface area contributed by atoms with E-state index in [0.29, 0.717) is 10.0 Å². The van der Waals surface area contributed by atoms with E-state index in [-0.39, 0.29) is 27.7 Å². The van der Waals surface area contributed by atoms with Gasteiger partial charge in [-0.1, -0.05) is 41.4 Å². The Bertz CT molecular complexity index is 1260. The Hall–Kier alpha value is -2.06. The molecule has 0 bridgehead atoms. The molecule has 0 spiro atoms. The molecule has 1 unspecified atom stereocenters. The summed E-state index contributed by atoms with van der Waals surface area (Å²) >= 11 is 13.1. The van der Waals surface area contributed by atoms with E-state index in [1.54, 1.807) is 17.0 Å². The van der Waals surface area contributed by atoms with Gasteiger partial charge >= 0.3 is 12.1 Å². The Morgan fingerprint density at radius 1 is 1.16 bits per heavy atom. The molecule has 0 radical (unpaired) electrons. The molecule has 37 heavy (non-hydrogen) atoms. The first kappa shape index (κ1) is 29.5. The molecule has 1 aromatic heterocycles. The molecule has 2 aliphatic rings. The third-order valence-corrected chi connectivity index (χ3v) is 9.78. The predicted molar refractivity (Wildman–Crippen MR) is 135 cm³/mol. The molecule has 204 valence electrons. The third-order valence-electron chi connectivity index (χ3n) is 6.25. The van der Waals surface area contributed by atoms with Gasteiger partial charge in [0.2, 0.25) is 5.91 Å². The number of amides is 1. The monoisotopic (exact) mass is 601 g/mol. The quantitative estimate of drug-likeness (QED) is 0.553. The molecule has 2 aromatic rings. The first-order valence-electron chi connectivity index (χ1n) is 11.0. The second kappa shape index (κ2) is 11.4. The van der Waals surface area contributed by atoms with Crippen LogP contribution in [0, 0.1) is 0 Å². The highest BCUT2D eigenvalue weighted by atomic mass is 35.5. The molecule has 4 rings (SSSR count). The van der Waals surface area contributed by atoms with Gasteiger partial charge in [0.25, 0.3) is 10.0 Å². The van der Waals surface area contributed by atoms with Crippen molar-refractivity contribution < 1.29 is 36.3 Å². The second-order valence-corrected chi connectivity index (χ2v) is 12.7. The topological polar surface area (TPSA) is 98.2 Å². The largest absolute Gasteiger partial charge is 0.490 e. The zero-order valence-corrected chi connectivity index (χ0v) is 22.9. The average Bonchev–Trinajstić information content (AvgIpc) is 3.39. The van der Waals surface area contributed by atoms with Gasteiger partial charge < -0.3 is 14.9 Å². The standard InChI is InChI=1S/C20H23Cl2N3O3S2.C2HF3O2/c1-23-9-7-13(8-10-23)24(2)20(26)15-12-25(16-6-4-3-5-14(15)16)30(27,28)17-11-18(21)29-19(17)22;3-2(4,5)1(6)7/h3-6,11,13,15H,7-10,12H2,1-2H3;(H,6,7). The van der Waals surface area contributed by atoms with Gasteiger partial charge in [0.15, 0.2) is 0 Å². The summed E-state index contributed by atoms with van der Waals surface area (Å²) in [6.45, 7) is 1.95. The smallest absolute Gasteiger partial charge is 0.475 e. The number of aliphatic carboxylic acids is 1. The highest BCUT2D eigenvalue weighted by molar-refractivity contribution is 7.93. The van der Waals surface area contributed by atoms with Crippen LogP contribution in [-0.2, 0) is 19.6 Å². The van der Waals surface area contributed by atoms with E-state index < -0.39 is 28.1 Å². The number of thiophene rings is 1. The zero-order valence-electron chi connectivity index (χ0n) is 19.7. The van der Waals surface area contributed by atoms with Crippen LogP contribution in [-0.4, -0.2) is 81.1 Å². The minimum Gasteiger partial charge on any atom is -0.475 e. The lowest BCUT2D eigenvalue weighted by atomic mass is 9.97. The molecule has 1 amide bonds. The van der Waals surface area contributed by atoms with Gasteiger partial charge in [-0.2, -0.15) is 13.2 Å². The van der Waals surface area contributed by atoms with Crippen molar-refractivity contribution in [3.05, 3.63) is 44.6 Å². The van der Waals surface area contributed by atoms with Gasteiger partial charge in [-0.25, -0.2) is 13.2 Å². The molecule has 2 aliphatic heterocycles. The number of carboxylic acids is 1. The van der Waals surface area contributed by atoms with Crippen LogP contribution < -0.4 is 4.31 Å². The SMILES string of the molecule is CN1CCC(N(C)C(=O)C2CN(S(=O)(=O)c3cc(Cl)sc3Cl)c3ccccc32)CC1.O=C(O)C(F)(F)F. The highest BCUT2D eigenvalue weighted by Crippen LogP contribution is 2.43. The molecular weight excluding hydrogens is 578 g/mol. The van der Waals surface area contributed by atoms with Crippen LogP contribution in [0.15, 0.2) is 35.2 Å². The number of likely N-dealkylation sites (N-methyl/N-ethyl adjacent to an activating group) is 1. The first-order valence-corrected chi connectivity index (χ1v) is 14.0. The number of alkyl halides is 3. The number of fused-ring (bicyclic) bond motifs is 1. The van der Waals surface area contributed by atoms with Crippen molar-refractivity contribution in [2.24, 2.45) is 0 Å². The molecule has 1 N–H and O–H groups in total. The Kier molecular flexibility index (Phi) is 9.05. The number of anilines is 1. The molecule has 1 fully saturated rings. The van der Waals surface area contributed by atoms with Crippen molar-refractivity contribution in [3.63, 3.8) is 0 Å². The summed E-state index contributed by atoms with van der Waals surface area (Å²) in [5.41, 5.74) is 1.24. The number of piperidine rings is 1. The number of para-hydroxylation sites is 1. The van der Waals surface area contributed by atoms with E-state index in [1.807, 2.05) is 19.2 Å². The number of sulfonamides is 1. The summed E-state index contributed by atoms with van der Waals surface area (Å²) in [6.07, 6.45) is -3.25. The Balaban J connectivity index is 0.000000479. The Labute approximate surface area is 226 Å². The summed E-state index contributed by atoms with van der Waals surface area (Å²) in [5.74, 6) is -3.36. The van der Waals surface area contributed by atoms with E-state index in [4.69, 9.17) is 33.1 Å². The molecule has 15 heteroatoms.